The van der Waals surface area contributed by atoms with Crippen LogP contribution in [0.25, 0.3) is 0 Å². The minimum absolute atomic E-state index is 0.00947. The Morgan fingerprint density at radius 3 is 1.55 bits per heavy atom. The first-order valence-electron chi connectivity index (χ1n) is 14.4. The van der Waals surface area contributed by atoms with Crippen LogP contribution < -0.4 is 9.47 Å². The third-order valence-corrected chi connectivity index (χ3v) is 6.97. The highest BCUT2D eigenvalue weighted by molar-refractivity contribution is 5.44. The highest BCUT2D eigenvalue weighted by Gasteiger charge is 2.48. The van der Waals surface area contributed by atoms with Gasteiger partial charge in [0.2, 0.25) is 0 Å². The van der Waals surface area contributed by atoms with E-state index in [0.29, 0.717) is 77.6 Å². The van der Waals surface area contributed by atoms with Crippen LogP contribution in [0.1, 0.15) is 54.0 Å². The van der Waals surface area contributed by atoms with Gasteiger partial charge in [0.15, 0.2) is 23.1 Å². The maximum atomic E-state index is 6.38. The van der Waals surface area contributed by atoms with E-state index in [1.54, 1.807) is 0 Å². The number of ether oxygens (including phenoxy) is 10. The molecule has 4 atom stereocenters. The van der Waals surface area contributed by atoms with Gasteiger partial charge < -0.3 is 47.4 Å². The Balaban J connectivity index is 1.44. The fraction of sp³-hybridized carbons (Fsp3) is 0.800. The molecule has 2 saturated heterocycles. The van der Waals surface area contributed by atoms with Gasteiger partial charge in [0.25, 0.3) is 0 Å². The fourth-order valence-electron chi connectivity index (χ4n) is 4.90. The SMILES string of the molecule is CC1(C)OC[C@H]([C@H]2OCCOCCOc3ccc(C(C)(C)C)cc3OCCOCCO[C@@H]2[C@H]2COC(C)(C)O2)O1. The molecule has 10 heteroatoms. The Bertz CT molecular complexity index is 928. The second-order valence-corrected chi connectivity index (χ2v) is 12.2. The van der Waals surface area contributed by atoms with Crippen molar-refractivity contribution in [3.8, 4) is 11.5 Å². The third kappa shape index (κ3) is 9.00. The second-order valence-electron chi connectivity index (χ2n) is 12.2. The molecule has 1 aromatic rings. The molecule has 0 N–H and O–H groups in total. The van der Waals surface area contributed by atoms with Crippen LogP contribution in [0.3, 0.4) is 0 Å². The molecule has 0 amide bonds. The lowest BCUT2D eigenvalue weighted by atomic mass is 9.87. The molecule has 0 aromatic heterocycles. The molecule has 0 saturated carbocycles. The molecule has 3 heterocycles. The van der Waals surface area contributed by atoms with Crippen molar-refractivity contribution in [2.75, 3.05) is 66.1 Å². The zero-order valence-electron chi connectivity index (χ0n) is 25.2. The van der Waals surface area contributed by atoms with E-state index in [-0.39, 0.29) is 17.6 Å². The third-order valence-electron chi connectivity index (χ3n) is 6.97. The number of hydrogen-bond donors (Lipinski definition) is 0. The molecule has 3 aliphatic rings. The minimum atomic E-state index is -0.711. The Morgan fingerprint density at radius 1 is 0.625 bits per heavy atom. The van der Waals surface area contributed by atoms with E-state index >= 15 is 0 Å². The molecule has 228 valence electrons. The van der Waals surface area contributed by atoms with Gasteiger partial charge in [-0.25, -0.2) is 0 Å². The van der Waals surface area contributed by atoms with Gasteiger partial charge in [-0.1, -0.05) is 26.8 Å². The quantitative estimate of drug-likeness (QED) is 0.524. The van der Waals surface area contributed by atoms with E-state index in [0.717, 1.165) is 0 Å². The summed E-state index contributed by atoms with van der Waals surface area (Å²) < 4.78 is 60.7. The summed E-state index contributed by atoms with van der Waals surface area (Å²) in [5, 5.41) is 0. The lowest BCUT2D eigenvalue weighted by Crippen LogP contribution is -2.51. The first-order valence-corrected chi connectivity index (χ1v) is 14.4. The molecule has 3 aliphatic heterocycles. The first-order chi connectivity index (χ1) is 18.9. The molecule has 0 aliphatic carbocycles. The highest BCUT2D eigenvalue weighted by Crippen LogP contribution is 2.34. The minimum Gasteiger partial charge on any atom is -0.487 e. The van der Waals surface area contributed by atoms with Crippen LogP contribution in [-0.2, 0) is 43.3 Å². The molecule has 0 unspecified atom stereocenters. The monoisotopic (exact) mass is 568 g/mol. The van der Waals surface area contributed by atoms with Crippen LogP contribution in [0.5, 0.6) is 11.5 Å². The van der Waals surface area contributed by atoms with Crippen molar-refractivity contribution in [1.82, 2.24) is 0 Å². The molecule has 4 rings (SSSR count). The molecular formula is C30H48O10. The molecule has 10 nitrogen and oxygen atoms in total. The Labute approximate surface area is 238 Å². The Kier molecular flexibility index (Phi) is 10.7. The average molecular weight is 569 g/mol. The van der Waals surface area contributed by atoms with Gasteiger partial charge in [0, 0.05) is 0 Å². The Morgan fingerprint density at radius 2 is 1.10 bits per heavy atom. The van der Waals surface area contributed by atoms with E-state index in [1.807, 2.05) is 39.8 Å². The molecule has 0 radical (unpaired) electrons. The van der Waals surface area contributed by atoms with E-state index in [4.69, 9.17) is 47.4 Å². The summed E-state index contributed by atoms with van der Waals surface area (Å²) in [6.07, 6.45) is -1.61. The normalized spacial score (nSPS) is 30.9. The zero-order valence-corrected chi connectivity index (χ0v) is 25.2. The van der Waals surface area contributed by atoms with E-state index < -0.39 is 23.8 Å². The topological polar surface area (TPSA) is 92.3 Å². The maximum absolute atomic E-state index is 6.38. The first kappa shape index (κ1) is 31.4. The van der Waals surface area contributed by atoms with Crippen molar-refractivity contribution in [2.45, 2.75) is 89.9 Å². The standard InChI is InChI=1S/C30H48O10/c1-28(2,3)21-8-9-22-23(18-21)34-15-11-32-13-17-36-27(25-20-38-30(6,7)40-25)26(24-19-37-29(4,5)39-24)35-16-12-31-10-14-33-22/h8-9,18,24-27H,10-17,19-20H2,1-7H3/t24-,25-,26-,27-/m1/s1. The zero-order chi connectivity index (χ0) is 28.8. The van der Waals surface area contributed by atoms with Crippen molar-refractivity contribution in [3.63, 3.8) is 0 Å². The van der Waals surface area contributed by atoms with Crippen molar-refractivity contribution in [3.05, 3.63) is 23.8 Å². The van der Waals surface area contributed by atoms with E-state index in [9.17, 15) is 0 Å². The predicted molar refractivity (Wildman–Crippen MR) is 147 cm³/mol. The van der Waals surface area contributed by atoms with Crippen LogP contribution in [-0.4, -0.2) is 102 Å². The summed E-state index contributed by atoms with van der Waals surface area (Å²) in [7, 11) is 0. The van der Waals surface area contributed by atoms with Crippen molar-refractivity contribution < 1.29 is 47.4 Å². The van der Waals surface area contributed by atoms with Crippen LogP contribution in [0.2, 0.25) is 0 Å². The molecule has 1 aromatic carbocycles. The van der Waals surface area contributed by atoms with Crippen LogP contribution in [0.4, 0.5) is 0 Å². The highest BCUT2D eigenvalue weighted by atomic mass is 16.8. The number of hydrogen-bond acceptors (Lipinski definition) is 10. The summed E-state index contributed by atoms with van der Waals surface area (Å²) in [5.41, 5.74) is 1.16. The fourth-order valence-corrected chi connectivity index (χ4v) is 4.90. The van der Waals surface area contributed by atoms with Crippen molar-refractivity contribution >= 4 is 0 Å². The molecular weight excluding hydrogens is 520 g/mol. The van der Waals surface area contributed by atoms with Gasteiger partial charge in [0.05, 0.1) is 52.9 Å². The van der Waals surface area contributed by atoms with Gasteiger partial charge in [-0.3, -0.25) is 0 Å². The predicted octanol–water partition coefficient (Wildman–Crippen LogP) is 3.86. The summed E-state index contributed by atoms with van der Waals surface area (Å²) >= 11 is 0. The van der Waals surface area contributed by atoms with Crippen LogP contribution in [0, 0.1) is 0 Å². The van der Waals surface area contributed by atoms with Gasteiger partial charge in [0.1, 0.15) is 37.6 Å². The largest absolute Gasteiger partial charge is 0.487 e. The summed E-state index contributed by atoms with van der Waals surface area (Å²) in [6, 6.07) is 6.07. The van der Waals surface area contributed by atoms with Gasteiger partial charge in [-0.05, 0) is 50.8 Å². The number of fused-ring (bicyclic) bond motifs is 1. The Hall–Kier alpha value is -1.50. The molecule has 40 heavy (non-hydrogen) atoms. The average Bonchev–Trinajstić information content (AvgIpc) is 3.43. The second kappa shape index (κ2) is 13.6. The number of rotatable bonds is 2. The van der Waals surface area contributed by atoms with E-state index in [2.05, 4.69) is 26.8 Å². The number of benzene rings is 1. The molecule has 2 fully saturated rings. The molecule has 0 spiro atoms. The van der Waals surface area contributed by atoms with Gasteiger partial charge in [-0.15, -0.1) is 0 Å². The van der Waals surface area contributed by atoms with E-state index in [1.165, 1.54) is 5.56 Å². The summed E-state index contributed by atoms with van der Waals surface area (Å²) in [4.78, 5) is 0. The van der Waals surface area contributed by atoms with Gasteiger partial charge in [-0.2, -0.15) is 0 Å². The lowest BCUT2D eigenvalue weighted by Gasteiger charge is -2.34. The van der Waals surface area contributed by atoms with Crippen LogP contribution in [0.15, 0.2) is 18.2 Å². The molecule has 0 bridgehead atoms. The van der Waals surface area contributed by atoms with Crippen molar-refractivity contribution in [1.29, 1.82) is 0 Å². The summed E-state index contributed by atoms with van der Waals surface area (Å²) in [6.45, 7) is 17.9. The van der Waals surface area contributed by atoms with Crippen LogP contribution >= 0.6 is 0 Å². The smallest absolute Gasteiger partial charge is 0.163 e. The summed E-state index contributed by atoms with van der Waals surface area (Å²) in [5.74, 6) is -0.0420. The van der Waals surface area contributed by atoms with Gasteiger partial charge >= 0.3 is 0 Å². The van der Waals surface area contributed by atoms with Crippen molar-refractivity contribution in [2.24, 2.45) is 0 Å². The maximum Gasteiger partial charge on any atom is 0.163 e. The lowest BCUT2D eigenvalue weighted by molar-refractivity contribution is -0.207.